The van der Waals surface area contributed by atoms with Crippen LogP contribution in [0.15, 0.2) is 23.0 Å². The number of aromatic nitrogens is 1. The maximum absolute atomic E-state index is 13.2. The SMILES string of the molecule is CCc1c(C)[nH]c(=O)c(N)c1Cc1cc(F)cc(F)c1. The summed E-state index contributed by atoms with van der Waals surface area (Å²) in [5.74, 6) is -1.28. The smallest absolute Gasteiger partial charge is 0.271 e. The molecule has 1 aromatic heterocycles. The van der Waals surface area contributed by atoms with E-state index in [1.165, 1.54) is 12.1 Å². The van der Waals surface area contributed by atoms with Gasteiger partial charge in [-0.2, -0.15) is 0 Å². The average molecular weight is 278 g/mol. The number of aromatic amines is 1. The number of halogens is 2. The molecule has 0 saturated carbocycles. The van der Waals surface area contributed by atoms with Crippen LogP contribution in [0.2, 0.25) is 0 Å². The van der Waals surface area contributed by atoms with Gasteiger partial charge in [0.25, 0.3) is 5.56 Å². The second-order valence-corrected chi connectivity index (χ2v) is 4.76. The molecule has 0 saturated heterocycles. The summed E-state index contributed by atoms with van der Waals surface area (Å²) >= 11 is 0. The monoisotopic (exact) mass is 278 g/mol. The molecule has 0 fully saturated rings. The Balaban J connectivity index is 2.55. The third kappa shape index (κ3) is 2.71. The van der Waals surface area contributed by atoms with E-state index in [1.807, 2.05) is 6.92 Å². The molecule has 0 atom stereocenters. The number of H-pyrrole nitrogens is 1. The van der Waals surface area contributed by atoms with Crippen molar-refractivity contribution in [2.45, 2.75) is 26.7 Å². The van der Waals surface area contributed by atoms with Crippen LogP contribution >= 0.6 is 0 Å². The van der Waals surface area contributed by atoms with Crippen molar-refractivity contribution in [3.05, 3.63) is 62.6 Å². The number of aryl methyl sites for hydroxylation is 1. The second kappa shape index (κ2) is 5.45. The van der Waals surface area contributed by atoms with E-state index in [9.17, 15) is 13.6 Å². The molecule has 0 amide bonds. The van der Waals surface area contributed by atoms with Crippen molar-refractivity contribution in [3.8, 4) is 0 Å². The average Bonchev–Trinajstić information content (AvgIpc) is 2.34. The summed E-state index contributed by atoms with van der Waals surface area (Å²) in [7, 11) is 0. The van der Waals surface area contributed by atoms with Crippen LogP contribution in [-0.2, 0) is 12.8 Å². The van der Waals surface area contributed by atoms with Crippen molar-refractivity contribution < 1.29 is 8.78 Å². The summed E-state index contributed by atoms with van der Waals surface area (Å²) in [5.41, 5.74) is 8.29. The van der Waals surface area contributed by atoms with Crippen LogP contribution in [0, 0.1) is 18.6 Å². The topological polar surface area (TPSA) is 58.9 Å². The van der Waals surface area contributed by atoms with Crippen molar-refractivity contribution in [2.75, 3.05) is 5.73 Å². The molecule has 3 N–H and O–H groups in total. The zero-order valence-corrected chi connectivity index (χ0v) is 11.4. The highest BCUT2D eigenvalue weighted by atomic mass is 19.1. The van der Waals surface area contributed by atoms with Crippen LogP contribution in [-0.4, -0.2) is 4.98 Å². The fraction of sp³-hybridized carbons (Fsp3) is 0.267. The van der Waals surface area contributed by atoms with Crippen molar-refractivity contribution in [3.63, 3.8) is 0 Å². The fourth-order valence-corrected chi connectivity index (χ4v) is 2.44. The number of anilines is 1. The Hall–Kier alpha value is -2.17. The Morgan fingerprint density at radius 1 is 1.15 bits per heavy atom. The third-order valence-corrected chi connectivity index (χ3v) is 3.34. The minimum atomic E-state index is -0.641. The summed E-state index contributed by atoms with van der Waals surface area (Å²) in [5, 5.41) is 0. The van der Waals surface area contributed by atoms with Crippen molar-refractivity contribution in [1.82, 2.24) is 4.98 Å². The van der Waals surface area contributed by atoms with Crippen LogP contribution in [0.3, 0.4) is 0 Å². The number of nitrogens with one attached hydrogen (secondary N) is 1. The Morgan fingerprint density at radius 2 is 1.75 bits per heavy atom. The summed E-state index contributed by atoms with van der Waals surface area (Å²) in [6.45, 7) is 3.73. The van der Waals surface area contributed by atoms with Gasteiger partial charge in [-0.3, -0.25) is 4.79 Å². The standard InChI is InChI=1S/C15H16F2N2O/c1-3-12-8(2)19-15(20)14(18)13(12)6-9-4-10(16)7-11(17)5-9/h4-5,7H,3,6,18H2,1-2H3,(H,19,20). The van der Waals surface area contributed by atoms with Gasteiger partial charge in [0, 0.05) is 18.2 Å². The van der Waals surface area contributed by atoms with Crippen molar-refractivity contribution in [2.24, 2.45) is 0 Å². The van der Waals surface area contributed by atoms with E-state index in [-0.39, 0.29) is 17.7 Å². The van der Waals surface area contributed by atoms with Gasteiger partial charge in [-0.25, -0.2) is 8.78 Å². The van der Waals surface area contributed by atoms with Crippen LogP contribution in [0.4, 0.5) is 14.5 Å². The number of hydrogen-bond acceptors (Lipinski definition) is 2. The van der Waals surface area contributed by atoms with Gasteiger partial charge in [0.15, 0.2) is 0 Å². The summed E-state index contributed by atoms with van der Waals surface area (Å²) in [6, 6.07) is 3.31. The zero-order valence-electron chi connectivity index (χ0n) is 11.4. The van der Waals surface area contributed by atoms with E-state index < -0.39 is 11.6 Å². The molecule has 0 spiro atoms. The molecule has 106 valence electrons. The van der Waals surface area contributed by atoms with Crippen LogP contribution in [0.1, 0.15) is 29.3 Å². The van der Waals surface area contributed by atoms with Gasteiger partial charge in [0.2, 0.25) is 0 Å². The molecule has 2 aromatic rings. The molecule has 2 rings (SSSR count). The first kappa shape index (κ1) is 14.2. The molecule has 0 unspecified atom stereocenters. The van der Waals surface area contributed by atoms with Gasteiger partial charge in [-0.05, 0) is 42.2 Å². The number of rotatable bonds is 3. The summed E-state index contributed by atoms with van der Waals surface area (Å²) in [6.07, 6.45) is 0.911. The van der Waals surface area contributed by atoms with Gasteiger partial charge >= 0.3 is 0 Å². The number of nitrogen functional groups attached to an aromatic ring is 1. The molecule has 0 aliphatic rings. The molecular formula is C15H16F2N2O. The number of nitrogens with two attached hydrogens (primary N) is 1. The highest BCUT2D eigenvalue weighted by Crippen LogP contribution is 2.21. The lowest BCUT2D eigenvalue weighted by Crippen LogP contribution is -2.19. The molecule has 5 heteroatoms. The Kier molecular flexibility index (Phi) is 3.88. The van der Waals surface area contributed by atoms with Crippen molar-refractivity contribution in [1.29, 1.82) is 0 Å². The van der Waals surface area contributed by atoms with E-state index in [0.717, 1.165) is 17.3 Å². The number of benzene rings is 1. The minimum Gasteiger partial charge on any atom is -0.394 e. The van der Waals surface area contributed by atoms with Gasteiger partial charge in [0.05, 0.1) is 0 Å². The van der Waals surface area contributed by atoms with Crippen LogP contribution in [0.25, 0.3) is 0 Å². The van der Waals surface area contributed by atoms with E-state index in [4.69, 9.17) is 5.73 Å². The summed E-state index contributed by atoms with van der Waals surface area (Å²) in [4.78, 5) is 14.4. The van der Waals surface area contributed by atoms with E-state index in [2.05, 4.69) is 4.98 Å². The van der Waals surface area contributed by atoms with Crippen LogP contribution < -0.4 is 11.3 Å². The maximum atomic E-state index is 13.2. The van der Waals surface area contributed by atoms with Gasteiger partial charge in [-0.1, -0.05) is 6.92 Å². The highest BCUT2D eigenvalue weighted by Gasteiger charge is 2.13. The van der Waals surface area contributed by atoms with Crippen molar-refractivity contribution >= 4 is 5.69 Å². The molecule has 0 radical (unpaired) electrons. The Labute approximate surface area is 115 Å². The quantitative estimate of drug-likeness (QED) is 0.907. The normalized spacial score (nSPS) is 10.8. The van der Waals surface area contributed by atoms with Crippen LogP contribution in [0.5, 0.6) is 0 Å². The molecule has 3 nitrogen and oxygen atoms in total. The first-order chi connectivity index (χ1) is 9.42. The predicted octanol–water partition coefficient (Wildman–Crippen LogP) is 2.70. The molecular weight excluding hydrogens is 262 g/mol. The molecule has 20 heavy (non-hydrogen) atoms. The number of pyridine rings is 1. The molecule has 0 aliphatic heterocycles. The highest BCUT2D eigenvalue weighted by molar-refractivity contribution is 5.52. The van der Waals surface area contributed by atoms with E-state index >= 15 is 0 Å². The Morgan fingerprint density at radius 3 is 2.30 bits per heavy atom. The van der Waals surface area contributed by atoms with Gasteiger partial charge in [-0.15, -0.1) is 0 Å². The molecule has 0 aliphatic carbocycles. The molecule has 0 bridgehead atoms. The Bertz CT molecular complexity index is 688. The van der Waals surface area contributed by atoms with E-state index in [0.29, 0.717) is 17.5 Å². The molecule has 1 aromatic carbocycles. The lowest BCUT2D eigenvalue weighted by atomic mass is 9.96. The summed E-state index contributed by atoms with van der Waals surface area (Å²) < 4.78 is 26.5. The lowest BCUT2D eigenvalue weighted by Gasteiger charge is -2.13. The fourth-order valence-electron chi connectivity index (χ4n) is 2.44. The number of hydrogen-bond donors (Lipinski definition) is 2. The third-order valence-electron chi connectivity index (χ3n) is 3.34. The predicted molar refractivity (Wildman–Crippen MR) is 74.8 cm³/mol. The lowest BCUT2D eigenvalue weighted by molar-refractivity contribution is 0.580. The van der Waals surface area contributed by atoms with Gasteiger partial charge < -0.3 is 10.7 Å². The first-order valence-corrected chi connectivity index (χ1v) is 6.37. The largest absolute Gasteiger partial charge is 0.394 e. The first-order valence-electron chi connectivity index (χ1n) is 6.37. The van der Waals surface area contributed by atoms with Gasteiger partial charge in [0.1, 0.15) is 17.3 Å². The van der Waals surface area contributed by atoms with E-state index in [1.54, 1.807) is 6.92 Å². The minimum absolute atomic E-state index is 0.108. The maximum Gasteiger partial charge on any atom is 0.271 e. The molecule has 1 heterocycles. The zero-order chi connectivity index (χ0) is 14.9. The second-order valence-electron chi connectivity index (χ2n) is 4.76.